The molecule has 0 aromatic heterocycles. The van der Waals surface area contributed by atoms with E-state index in [1.807, 2.05) is 11.9 Å². The lowest BCUT2D eigenvalue weighted by Gasteiger charge is -2.31. The molecular formula is C12H17FN2O3S. The van der Waals surface area contributed by atoms with Gasteiger partial charge in [-0.3, -0.25) is 0 Å². The first kappa shape index (κ1) is 14.4. The smallest absolute Gasteiger partial charge is 0.243 e. The van der Waals surface area contributed by atoms with Gasteiger partial charge in [0.25, 0.3) is 0 Å². The molecule has 1 heterocycles. The molecule has 0 unspecified atom stereocenters. The van der Waals surface area contributed by atoms with E-state index < -0.39 is 22.4 Å². The number of rotatable bonds is 3. The van der Waals surface area contributed by atoms with E-state index in [1.165, 1.54) is 10.4 Å². The van der Waals surface area contributed by atoms with Gasteiger partial charge in [-0.25, -0.2) is 12.8 Å². The van der Waals surface area contributed by atoms with E-state index in [0.29, 0.717) is 26.2 Å². The molecule has 2 rings (SSSR count). The standard InChI is InChI=1S/C12H17FN2O3S/c1-14-4-6-15(7-5-14)19(17,18)12-8-11(13)3-2-10(12)9-16/h2-3,8,16H,4-7,9H2,1H3. The summed E-state index contributed by atoms with van der Waals surface area (Å²) in [4.78, 5) is 1.89. The van der Waals surface area contributed by atoms with E-state index in [4.69, 9.17) is 0 Å². The maximum Gasteiger partial charge on any atom is 0.243 e. The largest absolute Gasteiger partial charge is 0.392 e. The summed E-state index contributed by atoms with van der Waals surface area (Å²) in [6.07, 6.45) is 0. The lowest BCUT2D eigenvalue weighted by molar-refractivity contribution is 0.222. The van der Waals surface area contributed by atoms with Gasteiger partial charge < -0.3 is 10.0 Å². The number of piperazine rings is 1. The predicted octanol–water partition coefficient (Wildman–Crippen LogP) is 0.254. The summed E-state index contributed by atoms with van der Waals surface area (Å²) in [7, 11) is -1.82. The van der Waals surface area contributed by atoms with Crippen LogP contribution in [0.5, 0.6) is 0 Å². The maximum atomic E-state index is 13.3. The Kier molecular flexibility index (Phi) is 4.19. The van der Waals surface area contributed by atoms with E-state index in [0.717, 1.165) is 12.1 Å². The Labute approximate surface area is 112 Å². The molecule has 0 aliphatic carbocycles. The Hall–Kier alpha value is -1.02. The Morgan fingerprint density at radius 1 is 1.26 bits per heavy atom. The summed E-state index contributed by atoms with van der Waals surface area (Å²) in [6, 6.07) is 3.42. The van der Waals surface area contributed by atoms with Crippen LogP contribution in [0.2, 0.25) is 0 Å². The molecule has 0 amide bonds. The van der Waals surface area contributed by atoms with Gasteiger partial charge in [0.2, 0.25) is 10.0 Å². The third-order valence-electron chi connectivity index (χ3n) is 3.28. The first-order valence-electron chi connectivity index (χ1n) is 6.03. The predicted molar refractivity (Wildman–Crippen MR) is 68.6 cm³/mol. The number of nitrogens with zero attached hydrogens (tertiary/aromatic N) is 2. The Morgan fingerprint density at radius 3 is 2.47 bits per heavy atom. The van der Waals surface area contributed by atoms with Crippen LogP contribution < -0.4 is 0 Å². The van der Waals surface area contributed by atoms with Crippen LogP contribution in [0.3, 0.4) is 0 Å². The zero-order valence-electron chi connectivity index (χ0n) is 10.7. The molecule has 19 heavy (non-hydrogen) atoms. The van der Waals surface area contributed by atoms with Gasteiger partial charge in [-0.2, -0.15) is 4.31 Å². The lowest BCUT2D eigenvalue weighted by atomic mass is 10.2. The molecule has 1 N–H and O–H groups in total. The first-order chi connectivity index (χ1) is 8.95. The number of sulfonamides is 1. The SMILES string of the molecule is CN1CCN(S(=O)(=O)c2cc(F)ccc2CO)CC1. The minimum Gasteiger partial charge on any atom is -0.392 e. The highest BCUT2D eigenvalue weighted by molar-refractivity contribution is 7.89. The van der Waals surface area contributed by atoms with Crippen molar-refractivity contribution < 1.29 is 17.9 Å². The number of hydrogen-bond donors (Lipinski definition) is 1. The van der Waals surface area contributed by atoms with Gasteiger partial charge in [0, 0.05) is 26.2 Å². The van der Waals surface area contributed by atoms with Crippen LogP contribution in [0.15, 0.2) is 23.1 Å². The molecule has 7 heteroatoms. The number of hydrogen-bond acceptors (Lipinski definition) is 4. The van der Waals surface area contributed by atoms with Crippen LogP contribution in [-0.4, -0.2) is 56.0 Å². The maximum absolute atomic E-state index is 13.3. The number of aliphatic hydroxyl groups is 1. The molecule has 106 valence electrons. The van der Waals surface area contributed by atoms with E-state index in [1.54, 1.807) is 0 Å². The van der Waals surface area contributed by atoms with E-state index in [9.17, 15) is 17.9 Å². The fourth-order valence-electron chi connectivity index (χ4n) is 2.07. The van der Waals surface area contributed by atoms with Crippen LogP contribution in [0.1, 0.15) is 5.56 Å². The lowest BCUT2D eigenvalue weighted by Crippen LogP contribution is -2.47. The Balaban J connectivity index is 2.36. The quantitative estimate of drug-likeness (QED) is 0.866. The van der Waals surface area contributed by atoms with Crippen molar-refractivity contribution in [2.75, 3.05) is 33.2 Å². The van der Waals surface area contributed by atoms with Crippen molar-refractivity contribution in [2.24, 2.45) is 0 Å². The Bertz CT molecular complexity index is 554. The molecular weight excluding hydrogens is 271 g/mol. The van der Waals surface area contributed by atoms with E-state index in [-0.39, 0.29) is 10.5 Å². The van der Waals surface area contributed by atoms with Crippen molar-refractivity contribution in [3.05, 3.63) is 29.6 Å². The molecule has 0 saturated carbocycles. The van der Waals surface area contributed by atoms with E-state index in [2.05, 4.69) is 0 Å². The topological polar surface area (TPSA) is 60.9 Å². The van der Waals surface area contributed by atoms with Gasteiger partial charge in [0.15, 0.2) is 0 Å². The normalized spacial score (nSPS) is 18.7. The number of halogens is 1. The highest BCUT2D eigenvalue weighted by Crippen LogP contribution is 2.22. The van der Waals surface area contributed by atoms with Crippen LogP contribution >= 0.6 is 0 Å². The summed E-state index contributed by atoms with van der Waals surface area (Å²) in [6.45, 7) is 1.61. The molecule has 0 bridgehead atoms. The summed E-state index contributed by atoms with van der Waals surface area (Å²) < 4.78 is 39.5. The van der Waals surface area contributed by atoms with Crippen molar-refractivity contribution in [1.82, 2.24) is 9.21 Å². The van der Waals surface area contributed by atoms with Crippen LogP contribution in [0, 0.1) is 5.82 Å². The minimum atomic E-state index is -3.74. The van der Waals surface area contributed by atoms with E-state index >= 15 is 0 Å². The van der Waals surface area contributed by atoms with Gasteiger partial charge in [-0.05, 0) is 24.7 Å². The molecule has 5 nitrogen and oxygen atoms in total. The van der Waals surface area contributed by atoms with Gasteiger partial charge in [0.05, 0.1) is 11.5 Å². The fourth-order valence-corrected chi connectivity index (χ4v) is 3.71. The second-order valence-electron chi connectivity index (χ2n) is 4.62. The van der Waals surface area contributed by atoms with Gasteiger partial charge in [-0.15, -0.1) is 0 Å². The summed E-state index contributed by atoms with van der Waals surface area (Å²) in [5, 5.41) is 9.20. The molecule has 1 aromatic rings. The van der Waals surface area contributed by atoms with Gasteiger partial charge >= 0.3 is 0 Å². The highest BCUT2D eigenvalue weighted by atomic mass is 32.2. The van der Waals surface area contributed by atoms with Crippen molar-refractivity contribution in [2.45, 2.75) is 11.5 Å². The van der Waals surface area contributed by atoms with Crippen molar-refractivity contribution in [1.29, 1.82) is 0 Å². The summed E-state index contributed by atoms with van der Waals surface area (Å²) in [5.41, 5.74) is 0.223. The second kappa shape index (κ2) is 5.54. The Morgan fingerprint density at radius 2 is 1.89 bits per heavy atom. The van der Waals surface area contributed by atoms with Gasteiger partial charge in [-0.1, -0.05) is 6.07 Å². The van der Waals surface area contributed by atoms with Crippen LogP contribution in [0.4, 0.5) is 4.39 Å². The second-order valence-corrected chi connectivity index (χ2v) is 6.52. The average Bonchev–Trinajstić information content (AvgIpc) is 2.39. The van der Waals surface area contributed by atoms with Gasteiger partial charge in [0.1, 0.15) is 5.82 Å². The molecule has 0 spiro atoms. The van der Waals surface area contributed by atoms with Crippen LogP contribution in [-0.2, 0) is 16.6 Å². The van der Waals surface area contributed by atoms with Crippen molar-refractivity contribution in [3.63, 3.8) is 0 Å². The number of likely N-dealkylation sites (N-methyl/N-ethyl adjacent to an activating group) is 1. The molecule has 1 aromatic carbocycles. The minimum absolute atomic E-state index is 0.139. The third-order valence-corrected chi connectivity index (χ3v) is 5.26. The summed E-state index contributed by atoms with van der Waals surface area (Å²) in [5.74, 6) is -0.620. The monoisotopic (exact) mass is 288 g/mol. The molecule has 0 radical (unpaired) electrons. The van der Waals surface area contributed by atoms with Crippen molar-refractivity contribution in [3.8, 4) is 0 Å². The molecule has 1 saturated heterocycles. The number of aliphatic hydroxyl groups excluding tert-OH is 1. The molecule has 0 atom stereocenters. The third kappa shape index (κ3) is 2.94. The average molecular weight is 288 g/mol. The highest BCUT2D eigenvalue weighted by Gasteiger charge is 2.29. The molecule has 1 aliphatic rings. The van der Waals surface area contributed by atoms with Crippen LogP contribution in [0.25, 0.3) is 0 Å². The first-order valence-corrected chi connectivity index (χ1v) is 7.47. The number of benzene rings is 1. The molecule has 1 aliphatic heterocycles. The fraction of sp³-hybridized carbons (Fsp3) is 0.500. The molecule has 1 fully saturated rings. The zero-order chi connectivity index (χ0) is 14.0. The zero-order valence-corrected chi connectivity index (χ0v) is 11.5. The van der Waals surface area contributed by atoms with Crippen molar-refractivity contribution >= 4 is 10.0 Å². The summed E-state index contributed by atoms with van der Waals surface area (Å²) >= 11 is 0.